The van der Waals surface area contributed by atoms with Crippen molar-refractivity contribution in [3.8, 4) is 0 Å². The Morgan fingerprint density at radius 2 is 2.19 bits per heavy atom. The lowest BCUT2D eigenvalue weighted by Gasteiger charge is -2.08. The lowest BCUT2D eigenvalue weighted by molar-refractivity contribution is 1.17. The van der Waals surface area contributed by atoms with E-state index in [1.165, 1.54) is 6.33 Å². The Bertz CT molecular complexity index is 518. The number of anilines is 3. The summed E-state index contributed by atoms with van der Waals surface area (Å²) < 4.78 is 0.812. The maximum atomic E-state index is 5.89. The Hall–Kier alpha value is -1.33. The van der Waals surface area contributed by atoms with E-state index in [4.69, 9.17) is 17.3 Å². The van der Waals surface area contributed by atoms with Crippen LogP contribution in [0.3, 0.4) is 0 Å². The minimum Gasteiger partial charge on any atom is -0.394 e. The molecule has 0 aliphatic rings. The Labute approximate surface area is 106 Å². The van der Waals surface area contributed by atoms with Crippen LogP contribution in [0.1, 0.15) is 0 Å². The van der Waals surface area contributed by atoms with Crippen LogP contribution in [0.5, 0.6) is 0 Å². The van der Waals surface area contributed by atoms with Gasteiger partial charge in [-0.15, -0.1) is 0 Å². The summed E-state index contributed by atoms with van der Waals surface area (Å²) in [6, 6.07) is 5.48. The fraction of sp³-hybridized carbons (Fsp3) is 0. The zero-order valence-corrected chi connectivity index (χ0v) is 10.5. The van der Waals surface area contributed by atoms with Gasteiger partial charge in [-0.05, 0) is 34.1 Å². The van der Waals surface area contributed by atoms with E-state index >= 15 is 0 Å². The lowest BCUT2D eigenvalue weighted by atomic mass is 10.3. The molecule has 0 amide bonds. The van der Waals surface area contributed by atoms with Gasteiger partial charge in [0.2, 0.25) is 0 Å². The maximum Gasteiger partial charge on any atom is 0.157 e. The molecular weight excluding hydrogens is 291 g/mol. The van der Waals surface area contributed by atoms with Crippen molar-refractivity contribution in [1.82, 2.24) is 9.97 Å². The van der Waals surface area contributed by atoms with Crippen LogP contribution in [-0.4, -0.2) is 9.97 Å². The number of aromatic nitrogens is 2. The van der Waals surface area contributed by atoms with Crippen molar-refractivity contribution in [3.63, 3.8) is 0 Å². The molecule has 1 aromatic heterocycles. The van der Waals surface area contributed by atoms with Crippen LogP contribution in [0.25, 0.3) is 0 Å². The van der Waals surface area contributed by atoms with Gasteiger partial charge in [0.1, 0.15) is 6.33 Å². The predicted octanol–water partition coefficient (Wildman–Crippen LogP) is 3.22. The van der Waals surface area contributed by atoms with E-state index in [0.29, 0.717) is 16.5 Å². The third kappa shape index (κ3) is 2.43. The van der Waals surface area contributed by atoms with Gasteiger partial charge in [0.05, 0.1) is 16.9 Å². The number of nitrogens with zero attached hydrogens (tertiary/aromatic N) is 2. The molecule has 1 heterocycles. The van der Waals surface area contributed by atoms with Gasteiger partial charge < -0.3 is 11.1 Å². The highest BCUT2D eigenvalue weighted by atomic mass is 79.9. The van der Waals surface area contributed by atoms with Gasteiger partial charge >= 0.3 is 0 Å². The number of hydrogen-bond acceptors (Lipinski definition) is 4. The quantitative estimate of drug-likeness (QED) is 0.893. The Morgan fingerprint density at radius 3 is 2.88 bits per heavy atom. The van der Waals surface area contributed by atoms with Crippen molar-refractivity contribution >= 4 is 44.7 Å². The van der Waals surface area contributed by atoms with Crippen LogP contribution in [-0.2, 0) is 0 Å². The van der Waals surface area contributed by atoms with E-state index < -0.39 is 0 Å². The molecule has 4 nitrogen and oxygen atoms in total. The minimum absolute atomic E-state index is 0.494. The van der Waals surface area contributed by atoms with E-state index in [2.05, 4.69) is 31.2 Å². The molecule has 0 fully saturated rings. The van der Waals surface area contributed by atoms with Crippen molar-refractivity contribution in [2.75, 3.05) is 11.1 Å². The SMILES string of the molecule is Nc1cncnc1Nc1ccc(Cl)c(Br)c1. The first-order chi connectivity index (χ1) is 7.66. The summed E-state index contributed by atoms with van der Waals surface area (Å²) in [4.78, 5) is 7.84. The van der Waals surface area contributed by atoms with Crippen LogP contribution >= 0.6 is 27.5 Å². The van der Waals surface area contributed by atoms with E-state index in [1.54, 1.807) is 12.3 Å². The second-order valence-electron chi connectivity index (χ2n) is 3.08. The molecule has 0 atom stereocenters. The molecule has 0 unspecified atom stereocenters. The number of nitrogens with one attached hydrogen (secondary N) is 1. The number of nitrogens with two attached hydrogens (primary N) is 1. The van der Waals surface area contributed by atoms with Crippen molar-refractivity contribution in [2.24, 2.45) is 0 Å². The molecule has 0 radical (unpaired) electrons. The van der Waals surface area contributed by atoms with Crippen LogP contribution in [0.4, 0.5) is 17.2 Å². The topological polar surface area (TPSA) is 63.8 Å². The number of hydrogen-bond donors (Lipinski definition) is 2. The second-order valence-corrected chi connectivity index (χ2v) is 4.34. The normalized spacial score (nSPS) is 10.1. The second kappa shape index (κ2) is 4.67. The van der Waals surface area contributed by atoms with E-state index in [0.717, 1.165) is 10.2 Å². The zero-order valence-electron chi connectivity index (χ0n) is 8.11. The molecule has 0 aliphatic heterocycles. The van der Waals surface area contributed by atoms with Crippen molar-refractivity contribution < 1.29 is 0 Å². The molecule has 6 heteroatoms. The molecule has 3 N–H and O–H groups in total. The van der Waals surface area contributed by atoms with Crippen LogP contribution in [0.15, 0.2) is 35.2 Å². The smallest absolute Gasteiger partial charge is 0.157 e. The minimum atomic E-state index is 0.494. The fourth-order valence-electron chi connectivity index (χ4n) is 1.16. The van der Waals surface area contributed by atoms with Gasteiger partial charge in [0.25, 0.3) is 0 Å². The third-order valence-corrected chi connectivity index (χ3v) is 3.14. The first-order valence-corrected chi connectivity index (χ1v) is 5.61. The summed E-state index contributed by atoms with van der Waals surface area (Å²) >= 11 is 9.23. The first kappa shape index (κ1) is 11.2. The monoisotopic (exact) mass is 298 g/mol. The molecule has 0 saturated carbocycles. The summed E-state index contributed by atoms with van der Waals surface area (Å²) in [7, 11) is 0. The summed E-state index contributed by atoms with van der Waals surface area (Å²) in [5, 5.41) is 3.73. The van der Waals surface area contributed by atoms with Gasteiger partial charge in [-0.25, -0.2) is 9.97 Å². The molecule has 0 bridgehead atoms. The van der Waals surface area contributed by atoms with Crippen LogP contribution in [0, 0.1) is 0 Å². The largest absolute Gasteiger partial charge is 0.394 e. The highest BCUT2D eigenvalue weighted by Crippen LogP contribution is 2.27. The maximum absolute atomic E-state index is 5.89. The summed E-state index contributed by atoms with van der Waals surface area (Å²) in [5.74, 6) is 0.573. The van der Waals surface area contributed by atoms with Crippen molar-refractivity contribution in [3.05, 3.63) is 40.2 Å². The van der Waals surface area contributed by atoms with Crippen LogP contribution < -0.4 is 11.1 Å². The molecule has 0 saturated heterocycles. The standard InChI is InChI=1S/C10H8BrClN4/c11-7-3-6(1-2-8(7)12)16-10-9(13)4-14-5-15-10/h1-5H,13H2,(H,14,15,16). The zero-order chi connectivity index (χ0) is 11.5. The summed E-state index contributed by atoms with van der Waals surface area (Å²) in [6.45, 7) is 0. The molecule has 1 aromatic carbocycles. The van der Waals surface area contributed by atoms with Gasteiger partial charge in [0.15, 0.2) is 5.82 Å². The van der Waals surface area contributed by atoms with Crippen molar-refractivity contribution in [2.45, 2.75) is 0 Å². The van der Waals surface area contributed by atoms with E-state index in [9.17, 15) is 0 Å². The average Bonchev–Trinajstić information content (AvgIpc) is 2.27. The number of benzene rings is 1. The van der Waals surface area contributed by atoms with Crippen molar-refractivity contribution in [1.29, 1.82) is 0 Å². The van der Waals surface area contributed by atoms with E-state index in [1.807, 2.05) is 12.1 Å². The van der Waals surface area contributed by atoms with Crippen LogP contribution in [0.2, 0.25) is 5.02 Å². The summed E-state index contributed by atoms with van der Waals surface area (Å²) in [6.07, 6.45) is 2.98. The van der Waals surface area contributed by atoms with E-state index in [-0.39, 0.29) is 0 Å². The Morgan fingerprint density at radius 1 is 1.38 bits per heavy atom. The predicted molar refractivity (Wildman–Crippen MR) is 68.9 cm³/mol. The fourth-order valence-corrected chi connectivity index (χ4v) is 1.65. The number of nitrogen functional groups attached to an aromatic ring is 1. The molecule has 0 aliphatic carbocycles. The first-order valence-electron chi connectivity index (χ1n) is 4.44. The summed E-state index contributed by atoms with van der Waals surface area (Å²) in [5.41, 5.74) is 7.05. The molecule has 82 valence electrons. The lowest BCUT2D eigenvalue weighted by Crippen LogP contribution is -1.99. The van der Waals surface area contributed by atoms with Gasteiger partial charge in [-0.1, -0.05) is 11.6 Å². The van der Waals surface area contributed by atoms with Gasteiger partial charge in [0, 0.05) is 10.2 Å². The average molecular weight is 300 g/mol. The molecule has 16 heavy (non-hydrogen) atoms. The highest BCUT2D eigenvalue weighted by Gasteiger charge is 2.02. The Balaban J connectivity index is 2.28. The molecule has 2 aromatic rings. The van der Waals surface area contributed by atoms with Gasteiger partial charge in [-0.2, -0.15) is 0 Å². The number of rotatable bonds is 2. The molecule has 0 spiro atoms. The molecular formula is C10H8BrClN4. The highest BCUT2D eigenvalue weighted by molar-refractivity contribution is 9.10. The number of halogens is 2. The Kier molecular flexibility index (Phi) is 3.26. The van der Waals surface area contributed by atoms with Gasteiger partial charge in [-0.3, -0.25) is 0 Å². The third-order valence-electron chi connectivity index (χ3n) is 1.92. The molecule has 2 rings (SSSR count).